The van der Waals surface area contributed by atoms with Gasteiger partial charge in [-0.1, -0.05) is 13.8 Å². The third-order valence-corrected chi connectivity index (χ3v) is 7.48. The highest BCUT2D eigenvalue weighted by atomic mass is 16.5. The summed E-state index contributed by atoms with van der Waals surface area (Å²) in [6.07, 6.45) is 9.58. The zero-order chi connectivity index (χ0) is 21.1. The summed E-state index contributed by atoms with van der Waals surface area (Å²) in [5.74, 6) is 1.79. The van der Waals surface area contributed by atoms with E-state index in [0.717, 1.165) is 63.0 Å². The van der Waals surface area contributed by atoms with Crippen LogP contribution >= 0.6 is 0 Å². The van der Waals surface area contributed by atoms with E-state index >= 15 is 0 Å². The van der Waals surface area contributed by atoms with E-state index in [2.05, 4.69) is 23.7 Å². The van der Waals surface area contributed by atoms with Crippen LogP contribution in [-0.2, 0) is 24.6 Å². The van der Waals surface area contributed by atoms with Crippen LogP contribution in [0.4, 0.5) is 0 Å². The molecule has 3 aliphatic rings. The molecule has 2 aromatic rings. The van der Waals surface area contributed by atoms with Crippen LogP contribution in [0.1, 0.15) is 74.0 Å². The van der Waals surface area contributed by atoms with Crippen LogP contribution in [0.15, 0.2) is 18.2 Å². The van der Waals surface area contributed by atoms with Crippen molar-refractivity contribution in [2.24, 2.45) is 18.9 Å². The molecule has 1 aromatic heterocycles. The lowest BCUT2D eigenvalue weighted by molar-refractivity contribution is 0.0439. The van der Waals surface area contributed by atoms with Crippen LogP contribution in [-0.4, -0.2) is 41.7 Å². The zero-order valence-corrected chi connectivity index (χ0v) is 19.1. The average molecular weight is 411 g/mol. The summed E-state index contributed by atoms with van der Waals surface area (Å²) in [6.45, 7) is 7.68. The lowest BCUT2D eigenvalue weighted by atomic mass is 9.75. The number of aromatic nitrogens is 1. The van der Waals surface area contributed by atoms with Gasteiger partial charge < -0.3 is 14.2 Å². The molecule has 1 atom stereocenters. The van der Waals surface area contributed by atoms with Gasteiger partial charge in [0.25, 0.3) is 5.91 Å². The number of hydrogen-bond acceptors (Lipinski definition) is 2. The van der Waals surface area contributed by atoms with Crippen molar-refractivity contribution in [3.8, 4) is 0 Å². The highest BCUT2D eigenvalue weighted by Crippen LogP contribution is 2.39. The molecule has 2 fully saturated rings. The minimum absolute atomic E-state index is 0.219. The van der Waals surface area contributed by atoms with Crippen molar-refractivity contribution in [1.82, 2.24) is 9.47 Å². The number of carbonyl (C=O) groups is 1. The molecule has 164 valence electrons. The Balaban J connectivity index is 0.00000106. The number of amides is 1. The first kappa shape index (κ1) is 21.4. The number of hydrogen-bond donors (Lipinski definition) is 0. The van der Waals surface area contributed by atoms with Gasteiger partial charge in [0.15, 0.2) is 0 Å². The number of ether oxygens (including phenoxy) is 1. The maximum absolute atomic E-state index is 13.0. The number of aryl methyl sites for hydroxylation is 1. The largest absolute Gasteiger partial charge is 0.381 e. The lowest BCUT2D eigenvalue weighted by Crippen LogP contribution is -2.35. The monoisotopic (exact) mass is 410 g/mol. The molecular weight excluding hydrogens is 372 g/mol. The van der Waals surface area contributed by atoms with E-state index in [0.29, 0.717) is 0 Å². The fraction of sp³-hybridized carbons (Fsp3) is 0.654. The third kappa shape index (κ3) is 4.03. The summed E-state index contributed by atoms with van der Waals surface area (Å²) < 4.78 is 7.96. The Labute approximate surface area is 181 Å². The molecule has 0 unspecified atom stereocenters. The van der Waals surface area contributed by atoms with Gasteiger partial charge in [-0.05, 0) is 87.0 Å². The Hall–Kier alpha value is -1.81. The standard InChI is InChI=1S/C24H32N2O2.C2H6/c1-25-22-7-5-18(17-9-13-28-14-10-17)15-20(22)21-16-19(6-8-23(21)25)24(27)26-11-3-2-4-12-26;1-2/h6,8,16-18H,2-5,7,9-15H2,1H3;1-2H3/t18-;/m1./s1. The fourth-order valence-corrected chi connectivity index (χ4v) is 5.81. The summed E-state index contributed by atoms with van der Waals surface area (Å²) >= 11 is 0. The maximum atomic E-state index is 13.0. The first-order chi connectivity index (χ1) is 14.7. The molecular formula is C26H38N2O2. The molecule has 0 spiro atoms. The molecule has 2 saturated heterocycles. The highest BCUT2D eigenvalue weighted by molar-refractivity contribution is 5.99. The molecule has 1 aliphatic carbocycles. The molecule has 0 saturated carbocycles. The first-order valence-electron chi connectivity index (χ1n) is 12.2. The average Bonchev–Trinajstić information content (AvgIpc) is 3.12. The number of fused-ring (bicyclic) bond motifs is 3. The molecule has 1 amide bonds. The quantitative estimate of drug-likeness (QED) is 0.668. The Morgan fingerprint density at radius 3 is 2.47 bits per heavy atom. The smallest absolute Gasteiger partial charge is 0.253 e. The van der Waals surface area contributed by atoms with E-state index in [-0.39, 0.29) is 5.91 Å². The molecule has 0 radical (unpaired) electrons. The third-order valence-electron chi connectivity index (χ3n) is 7.48. The van der Waals surface area contributed by atoms with Crippen molar-refractivity contribution in [2.45, 2.75) is 65.2 Å². The van der Waals surface area contributed by atoms with Crippen molar-refractivity contribution in [3.05, 3.63) is 35.0 Å². The summed E-state index contributed by atoms with van der Waals surface area (Å²) in [5.41, 5.74) is 5.15. The molecule has 2 aliphatic heterocycles. The SMILES string of the molecule is CC.Cn1c2c(c3cc(C(=O)N4CCCCC4)ccc31)C[C@H](C1CCOCC1)CC2. The van der Waals surface area contributed by atoms with Gasteiger partial charge in [0.2, 0.25) is 0 Å². The van der Waals surface area contributed by atoms with E-state index in [1.807, 2.05) is 24.8 Å². The minimum atomic E-state index is 0.219. The Bertz CT molecular complexity index is 873. The van der Waals surface area contributed by atoms with Crippen LogP contribution < -0.4 is 0 Å². The molecule has 1 aromatic carbocycles. The lowest BCUT2D eigenvalue weighted by Gasteiger charge is -2.33. The van der Waals surface area contributed by atoms with Crippen LogP contribution in [0.3, 0.4) is 0 Å². The summed E-state index contributed by atoms with van der Waals surface area (Å²) in [5, 5.41) is 1.32. The van der Waals surface area contributed by atoms with E-state index in [1.165, 1.54) is 54.3 Å². The molecule has 4 nitrogen and oxygen atoms in total. The number of rotatable bonds is 2. The fourth-order valence-electron chi connectivity index (χ4n) is 5.81. The molecule has 3 heterocycles. The number of nitrogens with zero attached hydrogens (tertiary/aromatic N) is 2. The van der Waals surface area contributed by atoms with Crippen molar-refractivity contribution >= 4 is 16.8 Å². The predicted molar refractivity (Wildman–Crippen MR) is 123 cm³/mol. The second-order valence-corrected chi connectivity index (χ2v) is 9.02. The Kier molecular flexibility index (Phi) is 6.82. The normalized spacial score (nSPS) is 22.4. The molecule has 30 heavy (non-hydrogen) atoms. The Morgan fingerprint density at radius 2 is 1.73 bits per heavy atom. The van der Waals surface area contributed by atoms with Gasteiger partial charge in [-0.3, -0.25) is 4.79 Å². The van der Waals surface area contributed by atoms with Crippen LogP contribution in [0.5, 0.6) is 0 Å². The van der Waals surface area contributed by atoms with Gasteiger partial charge in [-0.15, -0.1) is 0 Å². The van der Waals surface area contributed by atoms with Crippen LogP contribution in [0.25, 0.3) is 10.9 Å². The molecule has 5 rings (SSSR count). The second kappa shape index (κ2) is 9.55. The van der Waals surface area contributed by atoms with E-state index < -0.39 is 0 Å². The van der Waals surface area contributed by atoms with Gasteiger partial charge in [0, 0.05) is 55.5 Å². The number of benzene rings is 1. The first-order valence-corrected chi connectivity index (χ1v) is 12.2. The van der Waals surface area contributed by atoms with E-state index in [9.17, 15) is 4.79 Å². The number of likely N-dealkylation sites (tertiary alicyclic amines) is 1. The number of piperidine rings is 1. The maximum Gasteiger partial charge on any atom is 0.253 e. The highest BCUT2D eigenvalue weighted by Gasteiger charge is 2.31. The number of carbonyl (C=O) groups excluding carboxylic acids is 1. The molecule has 0 N–H and O–H groups in total. The van der Waals surface area contributed by atoms with Crippen LogP contribution in [0, 0.1) is 11.8 Å². The van der Waals surface area contributed by atoms with Crippen molar-refractivity contribution in [2.75, 3.05) is 26.3 Å². The molecule has 0 bridgehead atoms. The van der Waals surface area contributed by atoms with Gasteiger partial charge in [-0.25, -0.2) is 0 Å². The molecule has 4 heteroatoms. The Morgan fingerprint density at radius 1 is 1.00 bits per heavy atom. The zero-order valence-electron chi connectivity index (χ0n) is 19.1. The van der Waals surface area contributed by atoms with Crippen molar-refractivity contribution in [1.29, 1.82) is 0 Å². The van der Waals surface area contributed by atoms with Gasteiger partial charge in [0.1, 0.15) is 0 Å². The predicted octanol–water partition coefficient (Wildman–Crippen LogP) is 5.36. The summed E-state index contributed by atoms with van der Waals surface area (Å²) in [4.78, 5) is 15.1. The van der Waals surface area contributed by atoms with Gasteiger partial charge in [-0.2, -0.15) is 0 Å². The van der Waals surface area contributed by atoms with Crippen LogP contribution in [0.2, 0.25) is 0 Å². The summed E-state index contributed by atoms with van der Waals surface area (Å²) in [7, 11) is 2.20. The van der Waals surface area contributed by atoms with Gasteiger partial charge >= 0.3 is 0 Å². The second-order valence-electron chi connectivity index (χ2n) is 9.02. The van der Waals surface area contributed by atoms with Gasteiger partial charge in [0.05, 0.1) is 0 Å². The van der Waals surface area contributed by atoms with Crippen molar-refractivity contribution in [3.63, 3.8) is 0 Å². The summed E-state index contributed by atoms with van der Waals surface area (Å²) in [6, 6.07) is 6.41. The van der Waals surface area contributed by atoms with E-state index in [1.54, 1.807) is 0 Å². The minimum Gasteiger partial charge on any atom is -0.381 e. The topological polar surface area (TPSA) is 34.5 Å². The van der Waals surface area contributed by atoms with Crippen molar-refractivity contribution < 1.29 is 9.53 Å². The van der Waals surface area contributed by atoms with E-state index in [4.69, 9.17) is 4.74 Å².